The third-order valence-electron chi connectivity index (χ3n) is 8.31. The highest BCUT2D eigenvalue weighted by Crippen LogP contribution is 2.51. The highest BCUT2D eigenvalue weighted by atomic mass is 16.5. The molecule has 0 bridgehead atoms. The number of carbonyl (C=O) groups excluding carboxylic acids is 1. The topological polar surface area (TPSA) is 43.7 Å². The van der Waals surface area contributed by atoms with E-state index in [9.17, 15) is 4.79 Å². The Hall–Kier alpha value is -2.11. The molecule has 0 amide bonds. The Bertz CT molecular complexity index is 1020. The van der Waals surface area contributed by atoms with Gasteiger partial charge in [-0.05, 0) is 57.2 Å². The van der Waals surface area contributed by atoms with Crippen LogP contribution in [0.3, 0.4) is 0 Å². The second-order valence-electron chi connectivity index (χ2n) is 10.3. The number of allylic oxidation sites excluding steroid dienone is 1. The zero-order chi connectivity index (χ0) is 23.7. The van der Waals surface area contributed by atoms with Gasteiger partial charge in [-0.1, -0.05) is 38.0 Å². The number of nitrogens with zero attached hydrogens (tertiary/aromatic N) is 2. The summed E-state index contributed by atoms with van der Waals surface area (Å²) in [6.45, 7) is 11.4. The summed E-state index contributed by atoms with van der Waals surface area (Å²) in [5, 5.41) is 1.32. The van der Waals surface area contributed by atoms with Gasteiger partial charge in [0.25, 0.3) is 0 Å². The van der Waals surface area contributed by atoms with Crippen molar-refractivity contribution in [3.63, 3.8) is 0 Å². The minimum absolute atomic E-state index is 0.0113. The average molecular weight is 465 g/mol. The molecule has 4 atom stereocenters. The summed E-state index contributed by atoms with van der Waals surface area (Å²) in [7, 11) is 0. The first kappa shape index (κ1) is 23.6. The standard InChI is InChI=1S/C29H40N2O3/c1-4-16-31-19-24-26-22(14-11-15-25(26)31)23-17-20(18-30(5-2)27(23)28(24)33-6-3)29(32)34-21-12-9-7-8-10-13-21/h4,11,14-15,19-21,23,27-28H,1,5-10,12-13,16-18H2,2-3H3/t20-,23?,27+,28?/m1/s1. The van der Waals surface area contributed by atoms with Crippen molar-refractivity contribution in [2.45, 2.75) is 89.5 Å². The van der Waals surface area contributed by atoms with E-state index in [4.69, 9.17) is 9.47 Å². The van der Waals surface area contributed by atoms with Crippen molar-refractivity contribution < 1.29 is 14.3 Å². The van der Waals surface area contributed by atoms with Crippen LogP contribution >= 0.6 is 0 Å². The van der Waals surface area contributed by atoms with E-state index in [1.54, 1.807) is 0 Å². The Morgan fingerprint density at radius 3 is 2.65 bits per heavy atom. The van der Waals surface area contributed by atoms with Crippen molar-refractivity contribution in [2.75, 3.05) is 19.7 Å². The van der Waals surface area contributed by atoms with Crippen LogP contribution in [0.15, 0.2) is 37.1 Å². The fourth-order valence-corrected chi connectivity index (χ4v) is 6.80. The minimum Gasteiger partial charge on any atom is -0.462 e. The van der Waals surface area contributed by atoms with Gasteiger partial charge < -0.3 is 14.0 Å². The maximum atomic E-state index is 13.4. The molecule has 184 valence electrons. The van der Waals surface area contributed by atoms with Crippen LogP contribution in [0.5, 0.6) is 0 Å². The van der Waals surface area contributed by atoms with E-state index in [-0.39, 0.29) is 36.1 Å². The van der Waals surface area contributed by atoms with Crippen LogP contribution in [0.2, 0.25) is 0 Å². The molecule has 0 spiro atoms. The number of likely N-dealkylation sites (N-methyl/N-ethyl adjacent to an activating group) is 1. The van der Waals surface area contributed by atoms with Gasteiger partial charge in [0.15, 0.2) is 0 Å². The fourth-order valence-electron chi connectivity index (χ4n) is 6.80. The Balaban J connectivity index is 1.49. The lowest BCUT2D eigenvalue weighted by Crippen LogP contribution is -2.53. The molecule has 3 aliphatic rings. The lowest BCUT2D eigenvalue weighted by molar-refractivity contribution is -0.159. The summed E-state index contributed by atoms with van der Waals surface area (Å²) in [5.41, 5.74) is 3.89. The molecule has 1 aliphatic heterocycles. The van der Waals surface area contributed by atoms with Crippen molar-refractivity contribution in [2.24, 2.45) is 5.92 Å². The van der Waals surface area contributed by atoms with Crippen molar-refractivity contribution >= 4 is 16.9 Å². The third-order valence-corrected chi connectivity index (χ3v) is 8.31. The average Bonchev–Trinajstić information content (AvgIpc) is 3.02. The summed E-state index contributed by atoms with van der Waals surface area (Å²) >= 11 is 0. The first-order valence-corrected chi connectivity index (χ1v) is 13.4. The number of fused-ring (bicyclic) bond motifs is 2. The highest BCUT2D eigenvalue weighted by molar-refractivity contribution is 5.90. The molecule has 1 saturated heterocycles. The quantitative estimate of drug-likeness (QED) is 0.287. The largest absolute Gasteiger partial charge is 0.462 e. The van der Waals surface area contributed by atoms with Gasteiger partial charge in [0, 0.05) is 54.3 Å². The smallest absolute Gasteiger partial charge is 0.310 e. The van der Waals surface area contributed by atoms with Gasteiger partial charge in [0.2, 0.25) is 0 Å². The second-order valence-corrected chi connectivity index (χ2v) is 10.3. The number of carbonyl (C=O) groups is 1. The molecule has 2 unspecified atom stereocenters. The summed E-state index contributed by atoms with van der Waals surface area (Å²) in [6.07, 6.45) is 12.1. The molecule has 1 aromatic heterocycles. The van der Waals surface area contributed by atoms with Gasteiger partial charge in [-0.15, -0.1) is 6.58 Å². The Kier molecular flexibility index (Phi) is 7.12. The molecule has 1 aromatic carbocycles. The maximum Gasteiger partial charge on any atom is 0.310 e. The van der Waals surface area contributed by atoms with E-state index in [0.29, 0.717) is 6.61 Å². The van der Waals surface area contributed by atoms with Crippen molar-refractivity contribution in [1.29, 1.82) is 0 Å². The lowest BCUT2D eigenvalue weighted by Gasteiger charge is -2.49. The number of rotatable bonds is 7. The monoisotopic (exact) mass is 464 g/mol. The zero-order valence-electron chi connectivity index (χ0n) is 20.9. The maximum absolute atomic E-state index is 13.4. The normalized spacial score (nSPS) is 27.8. The predicted molar refractivity (Wildman–Crippen MR) is 136 cm³/mol. The summed E-state index contributed by atoms with van der Waals surface area (Å²) in [4.78, 5) is 15.9. The highest BCUT2D eigenvalue weighted by Gasteiger charge is 2.48. The van der Waals surface area contributed by atoms with Crippen molar-refractivity contribution in [3.8, 4) is 0 Å². The van der Waals surface area contributed by atoms with Crippen molar-refractivity contribution in [3.05, 3.63) is 48.2 Å². The molecular weight excluding hydrogens is 424 g/mol. The van der Waals surface area contributed by atoms with Crippen LogP contribution in [0.1, 0.15) is 81.9 Å². The van der Waals surface area contributed by atoms with Crippen molar-refractivity contribution in [1.82, 2.24) is 9.47 Å². The molecule has 34 heavy (non-hydrogen) atoms. The molecule has 2 aliphatic carbocycles. The lowest BCUT2D eigenvalue weighted by atomic mass is 9.71. The number of aromatic nitrogens is 1. The molecular formula is C29H40N2O3. The molecule has 5 rings (SSSR count). The van der Waals surface area contributed by atoms with Gasteiger partial charge in [-0.25, -0.2) is 0 Å². The molecule has 0 radical (unpaired) electrons. The Labute approximate surface area is 204 Å². The first-order chi connectivity index (χ1) is 16.7. The summed E-state index contributed by atoms with van der Waals surface area (Å²) < 4.78 is 14.9. The zero-order valence-corrected chi connectivity index (χ0v) is 20.9. The first-order valence-electron chi connectivity index (χ1n) is 13.4. The number of piperidine rings is 1. The van der Waals surface area contributed by atoms with E-state index in [2.05, 4.69) is 54.3 Å². The van der Waals surface area contributed by atoms with Crippen LogP contribution in [-0.4, -0.2) is 47.3 Å². The molecule has 5 nitrogen and oxygen atoms in total. The number of hydrogen-bond acceptors (Lipinski definition) is 4. The predicted octanol–water partition coefficient (Wildman–Crippen LogP) is 5.98. The minimum atomic E-state index is -0.0844. The Morgan fingerprint density at radius 2 is 1.94 bits per heavy atom. The van der Waals surface area contributed by atoms with Crippen LogP contribution in [-0.2, 0) is 20.8 Å². The van der Waals surface area contributed by atoms with E-state index < -0.39 is 0 Å². The number of esters is 1. The van der Waals surface area contributed by atoms with Gasteiger partial charge in [0.1, 0.15) is 12.2 Å². The van der Waals surface area contributed by atoms with Crippen LogP contribution in [0.25, 0.3) is 10.9 Å². The molecule has 0 N–H and O–H groups in total. The molecule has 2 fully saturated rings. The molecule has 5 heteroatoms. The van der Waals surface area contributed by atoms with Crippen LogP contribution in [0.4, 0.5) is 0 Å². The van der Waals surface area contributed by atoms with E-state index in [1.165, 1.54) is 47.7 Å². The molecule has 1 saturated carbocycles. The second kappa shape index (κ2) is 10.2. The van der Waals surface area contributed by atoms with Crippen LogP contribution in [0, 0.1) is 5.92 Å². The van der Waals surface area contributed by atoms with Crippen LogP contribution < -0.4 is 0 Å². The van der Waals surface area contributed by atoms with E-state index >= 15 is 0 Å². The fraction of sp³-hybridized carbons (Fsp3) is 0.621. The molecule has 2 heterocycles. The number of ether oxygens (including phenoxy) is 2. The number of hydrogen-bond donors (Lipinski definition) is 0. The van der Waals surface area contributed by atoms with E-state index in [0.717, 1.165) is 38.9 Å². The van der Waals surface area contributed by atoms with Gasteiger partial charge in [-0.2, -0.15) is 0 Å². The molecule has 2 aromatic rings. The van der Waals surface area contributed by atoms with Gasteiger partial charge >= 0.3 is 5.97 Å². The number of benzene rings is 1. The summed E-state index contributed by atoms with van der Waals surface area (Å²) in [6, 6.07) is 6.89. The van der Waals surface area contributed by atoms with Gasteiger partial charge in [0.05, 0.1) is 5.92 Å². The SMILES string of the molecule is C=CCn1cc2c3c(cccc31)C1C[C@@H](C(=O)OC3CCCCCC3)CN(CC)[C@@H]1C2OCC. The third kappa shape index (κ3) is 4.22. The van der Waals surface area contributed by atoms with E-state index in [1.807, 2.05) is 6.08 Å². The summed E-state index contributed by atoms with van der Waals surface area (Å²) in [5.74, 6) is 0.186. The Morgan fingerprint density at radius 1 is 1.15 bits per heavy atom. The number of likely N-dealkylation sites (tertiary alicyclic amines) is 1. The van der Waals surface area contributed by atoms with Gasteiger partial charge in [-0.3, -0.25) is 9.69 Å².